The number of aromatic nitrogens is 4. The molecule has 1 N–H and O–H groups in total. The second kappa shape index (κ2) is 5.38. The van der Waals surface area contributed by atoms with Crippen molar-refractivity contribution in [2.75, 3.05) is 0 Å². The zero-order valence-corrected chi connectivity index (χ0v) is 11.7. The molecule has 3 aromatic rings. The summed E-state index contributed by atoms with van der Waals surface area (Å²) in [7, 11) is 1.92. The SMILES string of the molecule is Cc1nn(C)c2ncc(CNCc3ccncc3)cc12. The fourth-order valence-electron chi connectivity index (χ4n) is 2.30. The van der Waals surface area contributed by atoms with Gasteiger partial charge >= 0.3 is 0 Å². The van der Waals surface area contributed by atoms with E-state index in [0.717, 1.165) is 29.8 Å². The summed E-state index contributed by atoms with van der Waals surface area (Å²) in [6, 6.07) is 6.18. The molecule has 5 heteroatoms. The van der Waals surface area contributed by atoms with Crippen molar-refractivity contribution in [3.63, 3.8) is 0 Å². The quantitative estimate of drug-likeness (QED) is 0.785. The van der Waals surface area contributed by atoms with E-state index in [9.17, 15) is 0 Å². The van der Waals surface area contributed by atoms with Gasteiger partial charge in [-0.25, -0.2) is 4.98 Å². The molecule has 0 spiro atoms. The van der Waals surface area contributed by atoms with Crippen LogP contribution in [0.15, 0.2) is 36.8 Å². The third-order valence-corrected chi connectivity index (χ3v) is 3.33. The average molecular weight is 267 g/mol. The number of nitrogens with zero attached hydrogens (tertiary/aromatic N) is 4. The van der Waals surface area contributed by atoms with E-state index in [1.807, 2.05) is 49.4 Å². The third-order valence-electron chi connectivity index (χ3n) is 3.33. The second-order valence-electron chi connectivity index (χ2n) is 4.88. The van der Waals surface area contributed by atoms with Gasteiger partial charge in [-0.05, 0) is 36.2 Å². The van der Waals surface area contributed by atoms with Gasteiger partial charge in [0, 0.05) is 44.1 Å². The Morgan fingerprint density at radius 2 is 1.90 bits per heavy atom. The number of hydrogen-bond donors (Lipinski definition) is 1. The minimum absolute atomic E-state index is 0.791. The van der Waals surface area contributed by atoms with Gasteiger partial charge in [0.25, 0.3) is 0 Å². The molecule has 0 amide bonds. The van der Waals surface area contributed by atoms with Gasteiger partial charge < -0.3 is 5.32 Å². The van der Waals surface area contributed by atoms with Crippen LogP contribution in [0.25, 0.3) is 11.0 Å². The first-order valence-electron chi connectivity index (χ1n) is 6.62. The lowest BCUT2D eigenvalue weighted by atomic mass is 10.2. The fraction of sp³-hybridized carbons (Fsp3) is 0.267. The zero-order valence-electron chi connectivity index (χ0n) is 11.7. The maximum absolute atomic E-state index is 4.48. The molecular weight excluding hydrogens is 250 g/mol. The van der Waals surface area contributed by atoms with Gasteiger partial charge in [-0.1, -0.05) is 0 Å². The molecule has 0 aliphatic carbocycles. The van der Waals surface area contributed by atoms with Crippen molar-refractivity contribution in [1.29, 1.82) is 0 Å². The molecule has 0 bridgehead atoms. The highest BCUT2D eigenvalue weighted by atomic mass is 15.3. The van der Waals surface area contributed by atoms with E-state index in [0.29, 0.717) is 0 Å². The molecule has 0 unspecified atom stereocenters. The van der Waals surface area contributed by atoms with Crippen molar-refractivity contribution >= 4 is 11.0 Å². The van der Waals surface area contributed by atoms with Crippen LogP contribution < -0.4 is 5.32 Å². The maximum atomic E-state index is 4.48. The Labute approximate surface area is 117 Å². The summed E-state index contributed by atoms with van der Waals surface area (Å²) >= 11 is 0. The molecule has 20 heavy (non-hydrogen) atoms. The van der Waals surface area contributed by atoms with E-state index < -0.39 is 0 Å². The van der Waals surface area contributed by atoms with E-state index in [1.54, 1.807) is 0 Å². The van der Waals surface area contributed by atoms with Crippen molar-refractivity contribution in [3.8, 4) is 0 Å². The van der Waals surface area contributed by atoms with Crippen molar-refractivity contribution in [2.24, 2.45) is 7.05 Å². The summed E-state index contributed by atoms with van der Waals surface area (Å²) in [5.41, 5.74) is 4.35. The summed E-state index contributed by atoms with van der Waals surface area (Å²) in [4.78, 5) is 8.49. The van der Waals surface area contributed by atoms with Crippen LogP contribution in [-0.4, -0.2) is 19.7 Å². The number of hydrogen-bond acceptors (Lipinski definition) is 4. The largest absolute Gasteiger partial charge is 0.309 e. The molecule has 3 aromatic heterocycles. The van der Waals surface area contributed by atoms with Crippen LogP contribution >= 0.6 is 0 Å². The first-order chi connectivity index (χ1) is 9.74. The Balaban J connectivity index is 1.70. The van der Waals surface area contributed by atoms with E-state index in [-0.39, 0.29) is 0 Å². The van der Waals surface area contributed by atoms with Crippen molar-refractivity contribution in [2.45, 2.75) is 20.0 Å². The normalized spacial score (nSPS) is 11.1. The number of fused-ring (bicyclic) bond motifs is 1. The highest BCUT2D eigenvalue weighted by Gasteiger charge is 2.06. The lowest BCUT2D eigenvalue weighted by Crippen LogP contribution is -2.12. The minimum atomic E-state index is 0.791. The number of rotatable bonds is 4. The first-order valence-corrected chi connectivity index (χ1v) is 6.62. The van der Waals surface area contributed by atoms with Crippen LogP contribution in [0.3, 0.4) is 0 Å². The van der Waals surface area contributed by atoms with Gasteiger partial charge in [-0.15, -0.1) is 0 Å². The molecule has 0 aromatic carbocycles. The van der Waals surface area contributed by atoms with Crippen LogP contribution in [0, 0.1) is 6.92 Å². The molecule has 0 radical (unpaired) electrons. The van der Waals surface area contributed by atoms with Crippen LogP contribution in [0.1, 0.15) is 16.8 Å². The van der Waals surface area contributed by atoms with Gasteiger partial charge in [0.05, 0.1) is 5.69 Å². The average Bonchev–Trinajstić information content (AvgIpc) is 2.75. The van der Waals surface area contributed by atoms with E-state index in [1.165, 1.54) is 11.1 Å². The molecule has 0 saturated heterocycles. The van der Waals surface area contributed by atoms with Gasteiger partial charge in [0.1, 0.15) is 0 Å². The van der Waals surface area contributed by atoms with Crippen molar-refractivity contribution in [1.82, 2.24) is 25.1 Å². The van der Waals surface area contributed by atoms with Gasteiger partial charge in [-0.2, -0.15) is 5.10 Å². The molecular formula is C15H17N5. The highest BCUT2D eigenvalue weighted by molar-refractivity contribution is 5.78. The van der Waals surface area contributed by atoms with Crippen LogP contribution in [0.5, 0.6) is 0 Å². The predicted molar refractivity (Wildman–Crippen MR) is 78.0 cm³/mol. The van der Waals surface area contributed by atoms with Gasteiger partial charge in [0.2, 0.25) is 0 Å². The van der Waals surface area contributed by atoms with Crippen molar-refractivity contribution < 1.29 is 0 Å². The maximum Gasteiger partial charge on any atom is 0.157 e. The summed E-state index contributed by atoms with van der Waals surface area (Å²) in [5, 5.41) is 8.92. The summed E-state index contributed by atoms with van der Waals surface area (Å²) in [5.74, 6) is 0. The molecule has 0 atom stereocenters. The molecule has 0 fully saturated rings. The lowest BCUT2D eigenvalue weighted by molar-refractivity contribution is 0.691. The highest BCUT2D eigenvalue weighted by Crippen LogP contribution is 2.16. The van der Waals surface area contributed by atoms with Crippen LogP contribution in [0.2, 0.25) is 0 Å². The van der Waals surface area contributed by atoms with E-state index in [2.05, 4.69) is 26.4 Å². The Bertz CT molecular complexity index is 718. The molecule has 0 aliphatic rings. The Morgan fingerprint density at radius 1 is 1.15 bits per heavy atom. The van der Waals surface area contributed by atoms with Crippen molar-refractivity contribution in [3.05, 3.63) is 53.6 Å². The Morgan fingerprint density at radius 3 is 2.70 bits per heavy atom. The summed E-state index contributed by atoms with van der Waals surface area (Å²) < 4.78 is 1.82. The van der Waals surface area contributed by atoms with Gasteiger partial charge in [0.15, 0.2) is 5.65 Å². The third kappa shape index (κ3) is 2.53. The molecule has 102 valence electrons. The fourth-order valence-corrected chi connectivity index (χ4v) is 2.30. The molecule has 3 heterocycles. The Hall–Kier alpha value is -2.27. The number of pyridine rings is 2. The Kier molecular flexibility index (Phi) is 3.43. The molecule has 0 aliphatic heterocycles. The van der Waals surface area contributed by atoms with E-state index in [4.69, 9.17) is 0 Å². The topological polar surface area (TPSA) is 55.6 Å². The lowest BCUT2D eigenvalue weighted by Gasteiger charge is -2.05. The zero-order chi connectivity index (χ0) is 13.9. The summed E-state index contributed by atoms with van der Waals surface area (Å²) in [6.07, 6.45) is 5.52. The van der Waals surface area contributed by atoms with Crippen LogP contribution in [-0.2, 0) is 20.1 Å². The van der Waals surface area contributed by atoms with E-state index >= 15 is 0 Å². The predicted octanol–water partition coefficient (Wildman–Crippen LogP) is 1.96. The number of nitrogens with one attached hydrogen (secondary N) is 1. The standard InChI is InChI=1S/C15H17N5/c1-11-14-7-13(10-18-15(14)20(2)19-11)9-17-8-12-3-5-16-6-4-12/h3-7,10,17H,8-9H2,1-2H3. The van der Waals surface area contributed by atoms with Crippen LogP contribution in [0.4, 0.5) is 0 Å². The summed E-state index contributed by atoms with van der Waals surface area (Å²) in [6.45, 7) is 3.63. The number of aryl methyl sites for hydroxylation is 2. The second-order valence-corrected chi connectivity index (χ2v) is 4.88. The smallest absolute Gasteiger partial charge is 0.157 e. The molecule has 3 rings (SSSR count). The minimum Gasteiger partial charge on any atom is -0.309 e. The monoisotopic (exact) mass is 267 g/mol. The van der Waals surface area contributed by atoms with Gasteiger partial charge in [-0.3, -0.25) is 9.67 Å². The first kappa shape index (κ1) is 12.7. The molecule has 0 saturated carbocycles. The molecule has 5 nitrogen and oxygen atoms in total.